The van der Waals surface area contributed by atoms with Crippen molar-refractivity contribution in [3.8, 4) is 0 Å². The minimum Gasteiger partial charge on any atom is -0.310 e. The summed E-state index contributed by atoms with van der Waals surface area (Å²) in [6, 6.07) is 3.95. The van der Waals surface area contributed by atoms with Crippen molar-refractivity contribution in [1.82, 2.24) is 5.32 Å². The summed E-state index contributed by atoms with van der Waals surface area (Å²) < 4.78 is 26.0. The molecule has 0 radical (unpaired) electrons. The standard InChI is InChI=1S/C12H16BrF2N/c1-8(6-13)9(2)16-7-10-3-4-11(14)5-12(10)15/h3-5,8-9,16H,6-7H2,1-2H3. The average Bonchev–Trinajstić information content (AvgIpc) is 2.26. The molecular weight excluding hydrogens is 276 g/mol. The summed E-state index contributed by atoms with van der Waals surface area (Å²) in [5, 5.41) is 4.11. The highest BCUT2D eigenvalue weighted by atomic mass is 79.9. The molecule has 0 saturated carbocycles. The minimum absolute atomic E-state index is 0.281. The average molecular weight is 292 g/mol. The maximum absolute atomic E-state index is 13.3. The van der Waals surface area contributed by atoms with Crippen LogP contribution < -0.4 is 5.32 Å². The third kappa shape index (κ3) is 3.83. The molecule has 1 N–H and O–H groups in total. The van der Waals surface area contributed by atoms with Gasteiger partial charge in [0, 0.05) is 29.5 Å². The number of halogens is 3. The Hall–Kier alpha value is -0.480. The molecule has 1 nitrogen and oxygen atoms in total. The van der Waals surface area contributed by atoms with E-state index in [2.05, 4.69) is 28.2 Å². The smallest absolute Gasteiger partial charge is 0.130 e. The molecule has 16 heavy (non-hydrogen) atoms. The Bertz CT molecular complexity index is 344. The lowest BCUT2D eigenvalue weighted by Crippen LogP contribution is -2.32. The van der Waals surface area contributed by atoms with Crippen LogP contribution in [0.3, 0.4) is 0 Å². The van der Waals surface area contributed by atoms with Crippen molar-refractivity contribution < 1.29 is 8.78 Å². The van der Waals surface area contributed by atoms with Crippen molar-refractivity contribution in [1.29, 1.82) is 0 Å². The van der Waals surface area contributed by atoms with Gasteiger partial charge in [0.05, 0.1) is 0 Å². The summed E-state index contributed by atoms with van der Waals surface area (Å²) in [6.07, 6.45) is 0. The summed E-state index contributed by atoms with van der Waals surface area (Å²) >= 11 is 3.40. The van der Waals surface area contributed by atoms with E-state index in [9.17, 15) is 8.78 Å². The van der Waals surface area contributed by atoms with E-state index in [1.165, 1.54) is 12.1 Å². The van der Waals surface area contributed by atoms with E-state index in [0.29, 0.717) is 18.0 Å². The third-order valence-corrected chi connectivity index (χ3v) is 3.75. The molecule has 1 rings (SSSR count). The minimum atomic E-state index is -0.539. The highest BCUT2D eigenvalue weighted by Crippen LogP contribution is 2.11. The van der Waals surface area contributed by atoms with Crippen LogP contribution in [0.1, 0.15) is 19.4 Å². The Labute approximate surface area is 103 Å². The van der Waals surface area contributed by atoms with Gasteiger partial charge in [-0.1, -0.05) is 28.9 Å². The van der Waals surface area contributed by atoms with Crippen LogP contribution >= 0.6 is 15.9 Å². The number of rotatable bonds is 5. The zero-order valence-corrected chi connectivity index (χ0v) is 11.0. The fourth-order valence-electron chi connectivity index (χ4n) is 1.27. The second-order valence-corrected chi connectivity index (χ2v) is 4.68. The summed E-state index contributed by atoms with van der Waals surface area (Å²) in [5.41, 5.74) is 0.495. The van der Waals surface area contributed by atoms with E-state index in [1.807, 2.05) is 6.92 Å². The summed E-state index contributed by atoms with van der Waals surface area (Å²) in [6.45, 7) is 4.57. The van der Waals surface area contributed by atoms with E-state index < -0.39 is 11.6 Å². The lowest BCUT2D eigenvalue weighted by Gasteiger charge is -2.19. The molecule has 0 aliphatic carbocycles. The molecule has 2 unspecified atom stereocenters. The van der Waals surface area contributed by atoms with Crippen LogP contribution in [0.4, 0.5) is 8.78 Å². The van der Waals surface area contributed by atoms with Gasteiger partial charge < -0.3 is 5.32 Å². The van der Waals surface area contributed by atoms with E-state index >= 15 is 0 Å². The fourth-order valence-corrected chi connectivity index (χ4v) is 1.83. The van der Waals surface area contributed by atoms with Gasteiger partial charge in [-0.2, -0.15) is 0 Å². The summed E-state index contributed by atoms with van der Waals surface area (Å²) in [4.78, 5) is 0. The maximum atomic E-state index is 13.3. The number of benzene rings is 1. The van der Waals surface area contributed by atoms with Crippen LogP contribution in [0.5, 0.6) is 0 Å². The largest absolute Gasteiger partial charge is 0.310 e. The topological polar surface area (TPSA) is 12.0 Å². The van der Waals surface area contributed by atoms with Crippen molar-refractivity contribution in [3.05, 3.63) is 35.4 Å². The van der Waals surface area contributed by atoms with Crippen LogP contribution in [0.15, 0.2) is 18.2 Å². The molecule has 0 aliphatic heterocycles. The Morgan fingerprint density at radius 1 is 1.31 bits per heavy atom. The van der Waals surface area contributed by atoms with E-state index in [-0.39, 0.29) is 6.04 Å². The van der Waals surface area contributed by atoms with Gasteiger partial charge in [-0.05, 0) is 18.9 Å². The predicted octanol–water partition coefficient (Wildman–Crippen LogP) is 3.47. The second kappa shape index (κ2) is 6.30. The van der Waals surface area contributed by atoms with E-state index in [0.717, 1.165) is 11.4 Å². The molecule has 0 aliphatic rings. The molecule has 4 heteroatoms. The Morgan fingerprint density at radius 3 is 2.56 bits per heavy atom. The number of nitrogens with one attached hydrogen (secondary N) is 1. The monoisotopic (exact) mass is 291 g/mol. The first-order chi connectivity index (χ1) is 7.54. The molecule has 1 aromatic carbocycles. The van der Waals surface area contributed by atoms with Gasteiger partial charge in [0.25, 0.3) is 0 Å². The lowest BCUT2D eigenvalue weighted by atomic mass is 10.1. The SMILES string of the molecule is CC(CBr)C(C)NCc1ccc(F)cc1F. The van der Waals surface area contributed by atoms with Crippen molar-refractivity contribution in [2.45, 2.75) is 26.4 Å². The Kier molecular flexibility index (Phi) is 5.35. The van der Waals surface area contributed by atoms with Crippen LogP contribution in [0.2, 0.25) is 0 Å². The fraction of sp³-hybridized carbons (Fsp3) is 0.500. The predicted molar refractivity (Wildman–Crippen MR) is 65.6 cm³/mol. The molecular formula is C12H16BrF2N. The van der Waals surface area contributed by atoms with Gasteiger partial charge in [0.1, 0.15) is 11.6 Å². The van der Waals surface area contributed by atoms with Crippen molar-refractivity contribution in [2.75, 3.05) is 5.33 Å². The second-order valence-electron chi connectivity index (χ2n) is 4.04. The van der Waals surface area contributed by atoms with E-state index in [4.69, 9.17) is 0 Å². The van der Waals surface area contributed by atoms with Gasteiger partial charge in [-0.3, -0.25) is 0 Å². The van der Waals surface area contributed by atoms with Gasteiger partial charge in [-0.25, -0.2) is 8.78 Å². The lowest BCUT2D eigenvalue weighted by molar-refractivity contribution is 0.428. The highest BCUT2D eigenvalue weighted by Gasteiger charge is 2.11. The molecule has 90 valence electrons. The van der Waals surface area contributed by atoms with Gasteiger partial charge in [-0.15, -0.1) is 0 Å². The normalized spacial score (nSPS) is 14.8. The van der Waals surface area contributed by atoms with Crippen molar-refractivity contribution >= 4 is 15.9 Å². The Balaban J connectivity index is 2.54. The summed E-state index contributed by atoms with van der Waals surface area (Å²) in [7, 11) is 0. The molecule has 2 atom stereocenters. The first-order valence-corrected chi connectivity index (χ1v) is 6.40. The highest BCUT2D eigenvalue weighted by molar-refractivity contribution is 9.09. The van der Waals surface area contributed by atoms with Crippen LogP contribution in [0.25, 0.3) is 0 Å². The molecule has 0 aromatic heterocycles. The molecule has 0 bridgehead atoms. The number of alkyl halides is 1. The van der Waals surface area contributed by atoms with Crippen molar-refractivity contribution in [3.63, 3.8) is 0 Å². The van der Waals surface area contributed by atoms with Gasteiger partial charge in [0.15, 0.2) is 0 Å². The molecule has 1 aromatic rings. The maximum Gasteiger partial charge on any atom is 0.130 e. The van der Waals surface area contributed by atoms with Crippen LogP contribution in [-0.2, 0) is 6.54 Å². The molecule has 0 amide bonds. The molecule has 0 heterocycles. The third-order valence-electron chi connectivity index (χ3n) is 2.73. The van der Waals surface area contributed by atoms with Crippen LogP contribution in [-0.4, -0.2) is 11.4 Å². The van der Waals surface area contributed by atoms with Crippen LogP contribution in [0, 0.1) is 17.6 Å². The number of hydrogen-bond acceptors (Lipinski definition) is 1. The molecule has 0 saturated heterocycles. The first kappa shape index (κ1) is 13.6. The zero-order valence-electron chi connectivity index (χ0n) is 9.43. The van der Waals surface area contributed by atoms with E-state index in [1.54, 1.807) is 0 Å². The quantitative estimate of drug-likeness (QED) is 0.819. The first-order valence-electron chi connectivity index (χ1n) is 5.28. The number of hydrogen-bond donors (Lipinski definition) is 1. The molecule has 0 fully saturated rings. The summed E-state index contributed by atoms with van der Waals surface area (Å²) in [5.74, 6) is -0.571. The Morgan fingerprint density at radius 2 is 2.00 bits per heavy atom. The molecule has 0 spiro atoms. The van der Waals surface area contributed by atoms with Gasteiger partial charge >= 0.3 is 0 Å². The zero-order chi connectivity index (χ0) is 12.1. The van der Waals surface area contributed by atoms with Crippen molar-refractivity contribution in [2.24, 2.45) is 5.92 Å². The van der Waals surface area contributed by atoms with Gasteiger partial charge in [0.2, 0.25) is 0 Å².